The number of benzene rings is 2. The summed E-state index contributed by atoms with van der Waals surface area (Å²) in [6, 6.07) is 13.3. The summed E-state index contributed by atoms with van der Waals surface area (Å²) in [5.74, 6) is 1.24. The number of para-hydroxylation sites is 1. The lowest BCUT2D eigenvalue weighted by Gasteiger charge is -2.21. The summed E-state index contributed by atoms with van der Waals surface area (Å²) in [6.45, 7) is 1.31. The van der Waals surface area contributed by atoms with Crippen LogP contribution in [0.3, 0.4) is 0 Å². The van der Waals surface area contributed by atoms with E-state index >= 15 is 0 Å². The molecule has 0 bridgehead atoms. The first-order chi connectivity index (χ1) is 13.7. The van der Waals surface area contributed by atoms with Crippen molar-refractivity contribution in [2.45, 2.75) is 32.0 Å². The molecular formula is C22H23FN2O2S. The molecule has 1 fully saturated rings. The molecule has 28 heavy (non-hydrogen) atoms. The molecule has 1 heterocycles. The molecule has 4 nitrogen and oxygen atoms in total. The van der Waals surface area contributed by atoms with E-state index in [1.54, 1.807) is 31.6 Å². The number of methoxy groups -OCH3 is 2. The molecule has 0 radical (unpaired) electrons. The lowest BCUT2D eigenvalue weighted by molar-refractivity contribution is 0.240. The van der Waals surface area contributed by atoms with Crippen molar-refractivity contribution < 1.29 is 13.9 Å². The van der Waals surface area contributed by atoms with Crippen molar-refractivity contribution in [2.75, 3.05) is 14.2 Å². The average molecular weight is 399 g/mol. The highest BCUT2D eigenvalue weighted by Crippen LogP contribution is 2.39. The van der Waals surface area contributed by atoms with Crippen LogP contribution in [-0.4, -0.2) is 30.1 Å². The molecule has 0 amide bonds. The van der Waals surface area contributed by atoms with E-state index < -0.39 is 0 Å². The Morgan fingerprint density at radius 3 is 2.61 bits per heavy atom. The number of rotatable bonds is 8. The fourth-order valence-corrected chi connectivity index (χ4v) is 4.20. The Kier molecular flexibility index (Phi) is 5.59. The van der Waals surface area contributed by atoms with Crippen LogP contribution in [0.25, 0.3) is 10.6 Å². The largest absolute Gasteiger partial charge is 0.493 e. The molecule has 4 rings (SSSR count). The van der Waals surface area contributed by atoms with Crippen LogP contribution in [-0.2, 0) is 13.1 Å². The summed E-state index contributed by atoms with van der Waals surface area (Å²) in [5, 5.41) is 2.97. The molecule has 0 atom stereocenters. The standard InChI is InChI=1S/C22H23FN2O2S/c1-26-20-9-5-7-18(21(20)27-2)22-24-16(14-28-22)13-25(17-10-11-17)12-15-6-3-4-8-19(15)23/h3-9,14,17H,10-13H2,1-2H3. The van der Waals surface area contributed by atoms with E-state index in [-0.39, 0.29) is 5.82 Å². The minimum Gasteiger partial charge on any atom is -0.493 e. The van der Waals surface area contributed by atoms with Crippen molar-refractivity contribution in [1.82, 2.24) is 9.88 Å². The van der Waals surface area contributed by atoms with Crippen molar-refractivity contribution >= 4 is 11.3 Å². The second kappa shape index (κ2) is 8.29. The molecule has 1 aliphatic rings. The first-order valence-corrected chi connectivity index (χ1v) is 10.2. The zero-order valence-electron chi connectivity index (χ0n) is 16.0. The molecule has 1 aliphatic carbocycles. The van der Waals surface area contributed by atoms with Crippen LogP contribution in [0.1, 0.15) is 24.1 Å². The van der Waals surface area contributed by atoms with Gasteiger partial charge in [-0.1, -0.05) is 24.3 Å². The van der Waals surface area contributed by atoms with Gasteiger partial charge in [0.15, 0.2) is 11.5 Å². The Labute approximate surface area is 168 Å². The molecule has 0 saturated heterocycles. The highest BCUT2D eigenvalue weighted by Gasteiger charge is 2.30. The summed E-state index contributed by atoms with van der Waals surface area (Å²) >= 11 is 1.59. The van der Waals surface area contributed by atoms with Gasteiger partial charge in [-0.25, -0.2) is 9.37 Å². The summed E-state index contributed by atoms with van der Waals surface area (Å²) in [7, 11) is 3.27. The van der Waals surface area contributed by atoms with E-state index in [2.05, 4.69) is 10.3 Å². The first kappa shape index (κ1) is 18.9. The Morgan fingerprint density at radius 2 is 1.89 bits per heavy atom. The van der Waals surface area contributed by atoms with Gasteiger partial charge in [-0.15, -0.1) is 11.3 Å². The Balaban J connectivity index is 1.55. The maximum Gasteiger partial charge on any atom is 0.170 e. The second-order valence-electron chi connectivity index (χ2n) is 6.91. The lowest BCUT2D eigenvalue weighted by Crippen LogP contribution is -2.25. The van der Waals surface area contributed by atoms with Crippen LogP contribution in [0, 0.1) is 5.82 Å². The van der Waals surface area contributed by atoms with Gasteiger partial charge in [0.2, 0.25) is 0 Å². The van der Waals surface area contributed by atoms with Gasteiger partial charge in [0, 0.05) is 30.1 Å². The summed E-state index contributed by atoms with van der Waals surface area (Å²) < 4.78 is 25.0. The van der Waals surface area contributed by atoms with Crippen LogP contribution in [0.5, 0.6) is 11.5 Å². The monoisotopic (exact) mass is 398 g/mol. The molecule has 3 aromatic rings. The summed E-state index contributed by atoms with van der Waals surface area (Å²) in [6.07, 6.45) is 2.32. The van der Waals surface area contributed by atoms with Gasteiger partial charge in [0.1, 0.15) is 10.8 Å². The summed E-state index contributed by atoms with van der Waals surface area (Å²) in [5.41, 5.74) is 2.65. The van der Waals surface area contributed by atoms with Crippen molar-refractivity contribution in [3.8, 4) is 22.1 Å². The zero-order chi connectivity index (χ0) is 19.5. The van der Waals surface area contributed by atoms with Crippen molar-refractivity contribution in [1.29, 1.82) is 0 Å². The fourth-order valence-electron chi connectivity index (χ4n) is 3.37. The average Bonchev–Trinajstić information content (AvgIpc) is 3.47. The number of ether oxygens (including phenoxy) is 2. The third-order valence-electron chi connectivity index (χ3n) is 4.94. The molecule has 1 saturated carbocycles. The van der Waals surface area contributed by atoms with Gasteiger partial charge in [-0.3, -0.25) is 4.90 Å². The van der Waals surface area contributed by atoms with Gasteiger partial charge in [0.05, 0.1) is 25.5 Å². The topological polar surface area (TPSA) is 34.6 Å². The molecule has 146 valence electrons. The van der Waals surface area contributed by atoms with Crippen molar-refractivity contribution in [3.63, 3.8) is 0 Å². The van der Waals surface area contributed by atoms with E-state index in [1.807, 2.05) is 30.3 Å². The predicted molar refractivity (Wildman–Crippen MR) is 109 cm³/mol. The zero-order valence-corrected chi connectivity index (χ0v) is 16.8. The summed E-state index contributed by atoms with van der Waals surface area (Å²) in [4.78, 5) is 7.15. The van der Waals surface area contributed by atoms with E-state index in [0.29, 0.717) is 30.6 Å². The minimum absolute atomic E-state index is 0.145. The molecule has 1 aromatic heterocycles. The fraction of sp³-hybridized carbons (Fsp3) is 0.318. The molecule has 2 aromatic carbocycles. The first-order valence-electron chi connectivity index (χ1n) is 9.33. The quantitative estimate of drug-likeness (QED) is 0.527. The van der Waals surface area contributed by atoms with Crippen molar-refractivity contribution in [3.05, 3.63) is 64.9 Å². The molecular weight excluding hydrogens is 375 g/mol. The van der Waals surface area contributed by atoms with Gasteiger partial charge < -0.3 is 9.47 Å². The third-order valence-corrected chi connectivity index (χ3v) is 5.87. The highest BCUT2D eigenvalue weighted by atomic mass is 32.1. The van der Waals surface area contributed by atoms with E-state index in [0.717, 1.165) is 34.7 Å². The number of aromatic nitrogens is 1. The van der Waals surface area contributed by atoms with Crippen LogP contribution in [0.4, 0.5) is 4.39 Å². The van der Waals surface area contributed by atoms with E-state index in [4.69, 9.17) is 14.5 Å². The Bertz CT molecular complexity index is 955. The van der Waals surface area contributed by atoms with Gasteiger partial charge in [0.25, 0.3) is 0 Å². The number of nitrogens with zero attached hydrogens (tertiary/aromatic N) is 2. The SMILES string of the molecule is COc1cccc(-c2nc(CN(Cc3ccccc3F)C3CC3)cs2)c1OC. The second-order valence-corrected chi connectivity index (χ2v) is 7.77. The van der Waals surface area contributed by atoms with Crippen LogP contribution in [0.15, 0.2) is 47.8 Å². The van der Waals surface area contributed by atoms with Gasteiger partial charge in [-0.05, 0) is 31.0 Å². The van der Waals surface area contributed by atoms with E-state index in [9.17, 15) is 4.39 Å². The Hall–Kier alpha value is -2.44. The smallest absolute Gasteiger partial charge is 0.170 e. The molecule has 0 N–H and O–H groups in total. The molecule has 0 spiro atoms. The Morgan fingerprint density at radius 1 is 1.07 bits per heavy atom. The van der Waals surface area contributed by atoms with E-state index in [1.165, 1.54) is 6.07 Å². The maximum absolute atomic E-state index is 14.1. The van der Waals surface area contributed by atoms with Crippen LogP contribution >= 0.6 is 11.3 Å². The van der Waals surface area contributed by atoms with Gasteiger partial charge in [-0.2, -0.15) is 0 Å². The number of halogens is 1. The van der Waals surface area contributed by atoms with Crippen LogP contribution in [0.2, 0.25) is 0 Å². The van der Waals surface area contributed by atoms with Gasteiger partial charge >= 0.3 is 0 Å². The molecule has 0 unspecified atom stereocenters. The lowest BCUT2D eigenvalue weighted by atomic mass is 10.2. The van der Waals surface area contributed by atoms with Crippen molar-refractivity contribution in [2.24, 2.45) is 0 Å². The number of hydrogen-bond acceptors (Lipinski definition) is 5. The number of thiazole rings is 1. The third kappa shape index (κ3) is 4.03. The molecule has 6 heteroatoms. The highest BCUT2D eigenvalue weighted by molar-refractivity contribution is 7.13. The number of hydrogen-bond donors (Lipinski definition) is 0. The maximum atomic E-state index is 14.1. The predicted octanol–water partition coefficient (Wildman–Crippen LogP) is 5.13. The molecule has 0 aliphatic heterocycles. The normalized spacial score (nSPS) is 13.7. The van der Waals surface area contributed by atoms with Crippen LogP contribution < -0.4 is 9.47 Å². The minimum atomic E-state index is -0.145.